The van der Waals surface area contributed by atoms with E-state index in [0.29, 0.717) is 0 Å². The molecular weight excluding hydrogens is 430 g/mol. The smallest absolute Gasteiger partial charge is 0.414 e. The van der Waals surface area contributed by atoms with Gasteiger partial charge in [-0.3, -0.25) is 20.0 Å². The fraction of sp³-hybridized carbons (Fsp3) is 0.227. The van der Waals surface area contributed by atoms with Crippen molar-refractivity contribution in [3.05, 3.63) is 65.5 Å². The first-order valence-corrected chi connectivity index (χ1v) is 10.1. The number of carbonyl (C=O) groups excluding carboxylic acids is 2. The van der Waals surface area contributed by atoms with Gasteiger partial charge >= 0.3 is 12.1 Å². The molecule has 1 aromatic heterocycles. The molecule has 1 aliphatic rings. The number of hydrogen-bond donors (Lipinski definition) is 4. The number of carboxylic acids is 1. The summed E-state index contributed by atoms with van der Waals surface area (Å²) in [6.45, 7) is -1.13. The lowest BCUT2D eigenvalue weighted by Crippen LogP contribution is -2.38. The van der Waals surface area contributed by atoms with E-state index >= 15 is 0 Å². The Balaban J connectivity index is 1.39. The number of nitrogens with one attached hydrogen (secondary N) is 2. The molecule has 2 amide bonds. The van der Waals surface area contributed by atoms with Crippen LogP contribution in [-0.2, 0) is 9.53 Å². The summed E-state index contributed by atoms with van der Waals surface area (Å²) in [5.74, 6) is -2.61. The van der Waals surface area contributed by atoms with E-state index in [4.69, 9.17) is 14.9 Å². The monoisotopic (exact) mass is 451 g/mol. The molecule has 0 spiro atoms. The second-order valence-corrected chi connectivity index (χ2v) is 7.30. The topological polar surface area (TPSA) is 158 Å². The predicted molar refractivity (Wildman–Crippen MR) is 116 cm³/mol. The van der Waals surface area contributed by atoms with Gasteiger partial charge in [0, 0.05) is 12.5 Å². The maximum Gasteiger partial charge on any atom is 0.414 e. The number of rotatable bonds is 8. The number of aliphatic hydroxyl groups is 1. The number of carboxylic acid groups (broad SMARTS) is 1. The molecule has 4 rings (SSSR count). The molecule has 0 aliphatic heterocycles. The number of aromatic amines is 1. The minimum absolute atomic E-state index is 0.0962. The highest BCUT2D eigenvalue weighted by Crippen LogP contribution is 2.44. The molecule has 0 atom stereocenters. The highest BCUT2D eigenvalue weighted by atomic mass is 16.5. The molecule has 11 nitrogen and oxygen atoms in total. The number of hydrogen-bond acceptors (Lipinski definition) is 7. The van der Waals surface area contributed by atoms with Crippen molar-refractivity contribution in [1.82, 2.24) is 20.1 Å². The van der Waals surface area contributed by atoms with Gasteiger partial charge in [-0.2, -0.15) is 4.98 Å². The molecule has 3 aromatic rings. The number of aliphatic carboxylic acids is 1. The Bertz CT molecular complexity index is 1150. The largest absolute Gasteiger partial charge is 0.480 e. The minimum atomic E-state index is -1.24. The molecule has 0 unspecified atom stereocenters. The van der Waals surface area contributed by atoms with Crippen LogP contribution in [0.3, 0.4) is 0 Å². The number of amides is 2. The molecule has 4 N–H and O–H groups in total. The molecule has 170 valence electrons. The summed E-state index contributed by atoms with van der Waals surface area (Å²) >= 11 is 0. The quantitative estimate of drug-likeness (QED) is 0.403. The number of ether oxygens (including phenoxy) is 1. The van der Waals surface area contributed by atoms with Crippen LogP contribution in [0, 0.1) is 0 Å². The Kier molecular flexibility index (Phi) is 6.31. The van der Waals surface area contributed by atoms with Gasteiger partial charge in [-0.25, -0.2) is 4.79 Å². The first-order chi connectivity index (χ1) is 16.0. The number of nitrogens with zero attached hydrogens (tertiary/aromatic N) is 3. The van der Waals surface area contributed by atoms with Gasteiger partial charge in [-0.05, 0) is 22.3 Å². The van der Waals surface area contributed by atoms with E-state index in [1.165, 1.54) is 0 Å². The van der Waals surface area contributed by atoms with Crippen LogP contribution in [0.2, 0.25) is 0 Å². The first-order valence-electron chi connectivity index (χ1n) is 10.1. The Labute approximate surface area is 188 Å². The lowest BCUT2D eigenvalue weighted by molar-refractivity contribution is -0.137. The fourth-order valence-corrected chi connectivity index (χ4v) is 3.83. The van der Waals surface area contributed by atoms with Crippen LogP contribution in [-0.4, -0.2) is 74.6 Å². The van der Waals surface area contributed by atoms with Crippen LogP contribution < -0.4 is 5.32 Å². The Morgan fingerprint density at radius 1 is 1.06 bits per heavy atom. The zero-order chi connectivity index (χ0) is 23.4. The summed E-state index contributed by atoms with van der Waals surface area (Å²) in [6.07, 6.45) is -0.799. The molecule has 0 radical (unpaired) electrons. The third kappa shape index (κ3) is 4.67. The van der Waals surface area contributed by atoms with Crippen molar-refractivity contribution in [3.63, 3.8) is 0 Å². The van der Waals surface area contributed by atoms with Crippen LogP contribution in [0.1, 0.15) is 27.7 Å². The molecule has 1 heterocycles. The Morgan fingerprint density at radius 3 is 2.30 bits per heavy atom. The van der Waals surface area contributed by atoms with Crippen molar-refractivity contribution in [3.8, 4) is 11.1 Å². The van der Waals surface area contributed by atoms with Gasteiger partial charge in [-0.1, -0.05) is 48.5 Å². The minimum Gasteiger partial charge on any atom is -0.480 e. The molecule has 0 fully saturated rings. The van der Waals surface area contributed by atoms with Gasteiger partial charge in [0.1, 0.15) is 13.2 Å². The normalized spacial score (nSPS) is 12.0. The van der Waals surface area contributed by atoms with Gasteiger partial charge < -0.3 is 19.8 Å². The van der Waals surface area contributed by atoms with Gasteiger partial charge in [-0.15, -0.1) is 5.10 Å². The summed E-state index contributed by atoms with van der Waals surface area (Å²) in [7, 11) is 0. The van der Waals surface area contributed by atoms with Crippen LogP contribution in [0.25, 0.3) is 11.1 Å². The van der Waals surface area contributed by atoms with Crippen molar-refractivity contribution >= 4 is 23.9 Å². The third-order valence-electron chi connectivity index (χ3n) is 5.23. The Hall–Kier alpha value is -4.25. The standard InChI is InChI=1S/C22H21N5O6/c28-10-9-27(11-18(29)30)20(31)19-23-21(26-25-19)24-22(32)33-12-17-15-7-3-1-5-13(15)14-6-2-4-8-16(14)17/h1-8,17,28H,9-12H2,(H,29,30)(H2,23,24,25,26,32). The van der Waals surface area contributed by atoms with E-state index in [-0.39, 0.29) is 30.8 Å². The predicted octanol–water partition coefficient (Wildman–Crippen LogP) is 1.68. The summed E-state index contributed by atoms with van der Waals surface area (Å²) in [5.41, 5.74) is 4.35. The Morgan fingerprint density at radius 2 is 1.70 bits per heavy atom. The van der Waals surface area contributed by atoms with Crippen LogP contribution in [0.15, 0.2) is 48.5 Å². The molecule has 0 bridgehead atoms. The number of anilines is 1. The molecule has 33 heavy (non-hydrogen) atoms. The zero-order valence-electron chi connectivity index (χ0n) is 17.4. The first kappa shape index (κ1) is 22.0. The van der Waals surface area contributed by atoms with Crippen LogP contribution in [0.4, 0.5) is 10.7 Å². The summed E-state index contributed by atoms with van der Waals surface area (Å²) < 4.78 is 5.40. The van der Waals surface area contributed by atoms with Gasteiger partial charge in [0.25, 0.3) is 11.9 Å². The van der Waals surface area contributed by atoms with E-state index in [2.05, 4.69) is 20.5 Å². The van der Waals surface area contributed by atoms with Crippen LogP contribution in [0.5, 0.6) is 0 Å². The molecule has 11 heteroatoms. The SMILES string of the molecule is O=C(O)CN(CCO)C(=O)c1nc(NC(=O)OCC2c3ccccc3-c3ccccc32)n[nH]1. The number of aromatic nitrogens is 3. The van der Waals surface area contributed by atoms with E-state index in [9.17, 15) is 14.4 Å². The average molecular weight is 451 g/mol. The second kappa shape index (κ2) is 9.49. The van der Waals surface area contributed by atoms with Gasteiger partial charge in [0.05, 0.1) is 6.61 Å². The average Bonchev–Trinajstić information content (AvgIpc) is 3.39. The number of aliphatic hydroxyl groups excluding tert-OH is 1. The summed E-state index contributed by atoms with van der Waals surface area (Å²) in [6, 6.07) is 15.9. The maximum absolute atomic E-state index is 12.4. The van der Waals surface area contributed by atoms with Crippen molar-refractivity contribution in [2.45, 2.75) is 5.92 Å². The summed E-state index contributed by atoms with van der Waals surface area (Å²) in [4.78, 5) is 40.4. The molecule has 0 saturated carbocycles. The van der Waals surface area contributed by atoms with Crippen molar-refractivity contribution in [2.24, 2.45) is 0 Å². The second-order valence-electron chi connectivity index (χ2n) is 7.30. The van der Waals surface area contributed by atoms with Crippen molar-refractivity contribution < 1.29 is 29.3 Å². The highest BCUT2D eigenvalue weighted by Gasteiger charge is 2.29. The molecule has 1 aliphatic carbocycles. The molecular formula is C22H21N5O6. The van der Waals surface area contributed by atoms with Crippen molar-refractivity contribution in [1.29, 1.82) is 0 Å². The van der Waals surface area contributed by atoms with Crippen molar-refractivity contribution in [2.75, 3.05) is 31.6 Å². The fourth-order valence-electron chi connectivity index (χ4n) is 3.83. The van der Waals surface area contributed by atoms with E-state index < -0.39 is 31.1 Å². The number of carbonyl (C=O) groups is 3. The summed E-state index contributed by atoms with van der Waals surface area (Å²) in [5, 5.41) is 26.4. The van der Waals surface area contributed by atoms with Gasteiger partial charge in [0.15, 0.2) is 0 Å². The molecule has 0 saturated heterocycles. The van der Waals surface area contributed by atoms with E-state index in [0.717, 1.165) is 27.2 Å². The molecule has 2 aromatic carbocycles. The zero-order valence-corrected chi connectivity index (χ0v) is 17.4. The van der Waals surface area contributed by atoms with Gasteiger partial charge in [0.2, 0.25) is 5.82 Å². The lowest BCUT2D eigenvalue weighted by atomic mass is 9.98. The van der Waals surface area contributed by atoms with Crippen LogP contribution >= 0.6 is 0 Å². The van der Waals surface area contributed by atoms with E-state index in [1.54, 1.807) is 0 Å². The number of H-pyrrole nitrogens is 1. The highest BCUT2D eigenvalue weighted by molar-refractivity contribution is 5.93. The third-order valence-corrected chi connectivity index (χ3v) is 5.23. The number of benzene rings is 2. The van der Waals surface area contributed by atoms with E-state index in [1.807, 2.05) is 48.5 Å². The number of fused-ring (bicyclic) bond motifs is 3. The lowest BCUT2D eigenvalue weighted by Gasteiger charge is -2.17. The maximum atomic E-state index is 12.4.